The van der Waals surface area contributed by atoms with Gasteiger partial charge >= 0.3 is 0 Å². The van der Waals surface area contributed by atoms with Gasteiger partial charge in [0.1, 0.15) is 5.82 Å². The number of nitrogens with one attached hydrogen (secondary N) is 2. The molecule has 0 saturated heterocycles. The largest absolute Gasteiger partial charge is 0.398 e. The molecule has 7 nitrogen and oxygen atoms in total. The number of carbonyl (C=O) groups is 1. The first kappa shape index (κ1) is 13.5. The smallest absolute Gasteiger partial charge is 0.253 e. The van der Waals surface area contributed by atoms with Crippen LogP contribution in [0.15, 0.2) is 33.0 Å². The van der Waals surface area contributed by atoms with E-state index in [1.54, 1.807) is 6.07 Å². The van der Waals surface area contributed by atoms with Gasteiger partial charge in [0.2, 0.25) is 5.91 Å². The number of fused-ring (bicyclic) bond motifs is 1. The number of rotatable bonds is 2. The van der Waals surface area contributed by atoms with Gasteiger partial charge in [-0.25, -0.2) is 4.98 Å². The summed E-state index contributed by atoms with van der Waals surface area (Å²) in [7, 11) is 0. The molecule has 1 aliphatic rings. The standard InChI is InChI=1S/C13H13N5O2S/c14-7-3-6-1-2-11(19)16-8(6)4-9(7)21-13-17-10(15)5-12(20)18-13/h3-5H,1-2,14H2,(H,16,19)(H3,15,17,18,20). The maximum atomic E-state index is 11.4. The van der Waals surface area contributed by atoms with Crippen LogP contribution in [0.2, 0.25) is 0 Å². The predicted octanol–water partition coefficient (Wildman–Crippen LogP) is 0.970. The molecule has 2 heterocycles. The minimum atomic E-state index is -0.324. The fraction of sp³-hybridized carbons (Fsp3) is 0.154. The first-order chi connectivity index (χ1) is 10.0. The van der Waals surface area contributed by atoms with E-state index in [2.05, 4.69) is 15.3 Å². The minimum absolute atomic E-state index is 0.0151. The van der Waals surface area contributed by atoms with Crippen LogP contribution < -0.4 is 22.3 Å². The van der Waals surface area contributed by atoms with Crippen molar-refractivity contribution in [2.45, 2.75) is 22.9 Å². The molecule has 3 rings (SSSR count). The Bertz CT molecular complexity index is 787. The molecule has 0 fully saturated rings. The molecule has 8 heteroatoms. The van der Waals surface area contributed by atoms with Gasteiger partial charge in [0.25, 0.3) is 5.56 Å². The zero-order valence-electron chi connectivity index (χ0n) is 11.0. The van der Waals surface area contributed by atoms with E-state index in [1.165, 1.54) is 17.8 Å². The molecule has 0 spiro atoms. The van der Waals surface area contributed by atoms with Crippen LogP contribution in [-0.2, 0) is 11.2 Å². The number of aromatic amines is 1. The second kappa shape index (κ2) is 5.13. The van der Waals surface area contributed by atoms with Crippen molar-refractivity contribution in [2.24, 2.45) is 0 Å². The van der Waals surface area contributed by atoms with Crippen molar-refractivity contribution >= 4 is 34.9 Å². The molecular formula is C13H13N5O2S. The predicted molar refractivity (Wildman–Crippen MR) is 81.2 cm³/mol. The summed E-state index contributed by atoms with van der Waals surface area (Å²) in [5.74, 6) is 0.129. The molecule has 1 amide bonds. The average Bonchev–Trinajstić information content (AvgIpc) is 2.39. The lowest BCUT2D eigenvalue weighted by Gasteiger charge is -2.18. The topological polar surface area (TPSA) is 127 Å². The van der Waals surface area contributed by atoms with Crippen LogP contribution in [0.5, 0.6) is 0 Å². The Morgan fingerprint density at radius 3 is 2.71 bits per heavy atom. The first-order valence-corrected chi connectivity index (χ1v) is 7.10. The molecule has 2 aromatic rings. The van der Waals surface area contributed by atoms with Crippen molar-refractivity contribution in [1.82, 2.24) is 9.97 Å². The number of hydrogen-bond donors (Lipinski definition) is 4. The molecule has 1 aromatic carbocycles. The van der Waals surface area contributed by atoms with Crippen LogP contribution in [0, 0.1) is 0 Å². The van der Waals surface area contributed by atoms with Crippen LogP contribution in [0.1, 0.15) is 12.0 Å². The Labute approximate surface area is 124 Å². The molecule has 1 aliphatic heterocycles. The number of nitrogen functional groups attached to an aromatic ring is 2. The average molecular weight is 303 g/mol. The van der Waals surface area contributed by atoms with Crippen LogP contribution in [0.3, 0.4) is 0 Å². The molecule has 108 valence electrons. The summed E-state index contributed by atoms with van der Waals surface area (Å²) < 4.78 is 0. The van der Waals surface area contributed by atoms with E-state index in [0.29, 0.717) is 28.6 Å². The zero-order chi connectivity index (χ0) is 15.0. The molecule has 0 radical (unpaired) electrons. The lowest BCUT2D eigenvalue weighted by molar-refractivity contribution is -0.116. The number of aryl methyl sites for hydroxylation is 1. The Hall–Kier alpha value is -2.48. The molecule has 21 heavy (non-hydrogen) atoms. The Kier molecular flexibility index (Phi) is 3.30. The molecule has 0 unspecified atom stereocenters. The lowest BCUT2D eigenvalue weighted by Crippen LogP contribution is -2.19. The van der Waals surface area contributed by atoms with Crippen molar-refractivity contribution in [3.05, 3.63) is 34.1 Å². The first-order valence-electron chi connectivity index (χ1n) is 6.28. The van der Waals surface area contributed by atoms with Gasteiger partial charge in [-0.3, -0.25) is 9.59 Å². The number of aromatic nitrogens is 2. The fourth-order valence-electron chi connectivity index (χ4n) is 2.12. The molecule has 0 aliphatic carbocycles. The van der Waals surface area contributed by atoms with E-state index in [9.17, 15) is 9.59 Å². The highest BCUT2D eigenvalue weighted by Gasteiger charge is 2.17. The van der Waals surface area contributed by atoms with Crippen LogP contribution in [0.25, 0.3) is 0 Å². The summed E-state index contributed by atoms with van der Waals surface area (Å²) in [6.07, 6.45) is 1.13. The Morgan fingerprint density at radius 1 is 1.14 bits per heavy atom. The highest BCUT2D eigenvalue weighted by molar-refractivity contribution is 7.99. The minimum Gasteiger partial charge on any atom is -0.398 e. The van der Waals surface area contributed by atoms with Crippen molar-refractivity contribution in [3.8, 4) is 0 Å². The van der Waals surface area contributed by atoms with E-state index >= 15 is 0 Å². The normalized spacial score (nSPS) is 13.6. The quantitative estimate of drug-likeness (QED) is 0.483. The number of H-pyrrole nitrogens is 1. The number of carbonyl (C=O) groups excluding carboxylic acids is 1. The maximum Gasteiger partial charge on any atom is 0.253 e. The second-order valence-corrected chi connectivity index (χ2v) is 5.70. The number of amides is 1. The van der Waals surface area contributed by atoms with Gasteiger partial charge in [-0.1, -0.05) is 0 Å². The highest BCUT2D eigenvalue weighted by Crippen LogP contribution is 2.35. The summed E-state index contributed by atoms with van der Waals surface area (Å²) in [5.41, 5.74) is 13.6. The van der Waals surface area contributed by atoms with Gasteiger partial charge < -0.3 is 21.8 Å². The van der Waals surface area contributed by atoms with Crippen LogP contribution in [-0.4, -0.2) is 15.9 Å². The molecular weight excluding hydrogens is 290 g/mol. The number of anilines is 3. The molecule has 6 N–H and O–H groups in total. The third kappa shape index (κ3) is 2.84. The molecule has 0 atom stereocenters. The lowest BCUT2D eigenvalue weighted by atomic mass is 10.0. The van der Waals surface area contributed by atoms with E-state index in [-0.39, 0.29) is 17.3 Å². The van der Waals surface area contributed by atoms with Crippen LogP contribution in [0.4, 0.5) is 17.2 Å². The SMILES string of the molecule is Nc1cc(=O)[nH]c(Sc2cc3c(cc2N)CCC(=O)N3)n1. The van der Waals surface area contributed by atoms with E-state index in [4.69, 9.17) is 11.5 Å². The van der Waals surface area contributed by atoms with Crippen molar-refractivity contribution in [3.63, 3.8) is 0 Å². The summed E-state index contributed by atoms with van der Waals surface area (Å²) in [5, 5.41) is 3.17. The zero-order valence-corrected chi connectivity index (χ0v) is 11.8. The number of nitrogens with zero attached hydrogens (tertiary/aromatic N) is 1. The third-order valence-electron chi connectivity index (χ3n) is 3.08. The van der Waals surface area contributed by atoms with Gasteiger partial charge in [-0.15, -0.1) is 0 Å². The molecule has 0 bridgehead atoms. The summed E-state index contributed by atoms with van der Waals surface area (Å²) >= 11 is 1.19. The van der Waals surface area contributed by atoms with Gasteiger partial charge in [0.05, 0.1) is 0 Å². The second-order valence-electron chi connectivity index (χ2n) is 4.67. The van der Waals surface area contributed by atoms with E-state index in [0.717, 1.165) is 11.3 Å². The third-order valence-corrected chi connectivity index (χ3v) is 4.04. The maximum absolute atomic E-state index is 11.4. The summed E-state index contributed by atoms with van der Waals surface area (Å²) in [6, 6.07) is 4.83. The van der Waals surface area contributed by atoms with Gasteiger partial charge in [0.15, 0.2) is 5.16 Å². The van der Waals surface area contributed by atoms with Crippen molar-refractivity contribution in [2.75, 3.05) is 16.8 Å². The fourth-order valence-corrected chi connectivity index (χ4v) is 2.99. The molecule has 0 saturated carbocycles. The van der Waals surface area contributed by atoms with Crippen LogP contribution >= 0.6 is 11.8 Å². The summed E-state index contributed by atoms with van der Waals surface area (Å²) in [6.45, 7) is 0. The molecule has 1 aromatic heterocycles. The number of nitrogens with two attached hydrogens (primary N) is 2. The monoisotopic (exact) mass is 303 g/mol. The number of benzene rings is 1. The van der Waals surface area contributed by atoms with E-state index < -0.39 is 0 Å². The van der Waals surface area contributed by atoms with E-state index in [1.807, 2.05) is 6.07 Å². The van der Waals surface area contributed by atoms with Crippen molar-refractivity contribution in [1.29, 1.82) is 0 Å². The van der Waals surface area contributed by atoms with Gasteiger partial charge in [0, 0.05) is 28.8 Å². The summed E-state index contributed by atoms with van der Waals surface area (Å²) in [4.78, 5) is 30.2. The van der Waals surface area contributed by atoms with Gasteiger partial charge in [-0.05, 0) is 35.9 Å². The Morgan fingerprint density at radius 2 is 1.95 bits per heavy atom. The highest BCUT2D eigenvalue weighted by atomic mass is 32.2. The van der Waals surface area contributed by atoms with Gasteiger partial charge in [-0.2, -0.15) is 0 Å². The van der Waals surface area contributed by atoms with Crippen molar-refractivity contribution < 1.29 is 4.79 Å². The number of hydrogen-bond acceptors (Lipinski definition) is 6. The Balaban J connectivity index is 1.97.